The van der Waals surface area contributed by atoms with Crippen LogP contribution in [0.1, 0.15) is 44.7 Å². The van der Waals surface area contributed by atoms with Gasteiger partial charge >= 0.3 is 0 Å². The van der Waals surface area contributed by atoms with Gasteiger partial charge < -0.3 is 16.1 Å². The fourth-order valence-electron chi connectivity index (χ4n) is 3.57. The van der Waals surface area contributed by atoms with Gasteiger partial charge in [0, 0.05) is 36.4 Å². The number of aromatic nitrogens is 1. The first-order chi connectivity index (χ1) is 17.3. The van der Waals surface area contributed by atoms with Gasteiger partial charge in [0.15, 0.2) is 0 Å². The molecular weight excluding hydrogens is 470 g/mol. The summed E-state index contributed by atoms with van der Waals surface area (Å²) in [5, 5.41) is 0.653. The lowest BCUT2D eigenvalue weighted by atomic mass is 10.0. The van der Waals surface area contributed by atoms with E-state index in [0.29, 0.717) is 28.8 Å². The number of nitrogens with zero attached hydrogens (tertiary/aromatic N) is 4. The van der Waals surface area contributed by atoms with Crippen LogP contribution in [0.5, 0.6) is 0 Å². The van der Waals surface area contributed by atoms with Crippen LogP contribution in [-0.2, 0) is 6.54 Å². The Morgan fingerprint density at radius 1 is 1.14 bits per heavy atom. The van der Waals surface area contributed by atoms with E-state index in [0.717, 1.165) is 55.7 Å². The number of anilines is 1. The molecule has 0 aliphatic rings. The Labute approximate surface area is 221 Å². The minimum absolute atomic E-state index is 0.295. The first-order valence-electron chi connectivity index (χ1n) is 12.5. The van der Waals surface area contributed by atoms with Gasteiger partial charge in [-0.25, -0.2) is 10.8 Å². The van der Waals surface area contributed by atoms with Crippen LogP contribution in [0, 0.1) is 0 Å². The zero-order chi connectivity index (χ0) is 26.5. The van der Waals surface area contributed by atoms with Crippen molar-refractivity contribution in [2.75, 3.05) is 46.0 Å². The molecule has 0 amide bonds. The summed E-state index contributed by atoms with van der Waals surface area (Å²) in [6.07, 6.45) is 8.03. The van der Waals surface area contributed by atoms with Crippen molar-refractivity contribution in [2.24, 2.45) is 10.8 Å². The van der Waals surface area contributed by atoms with Gasteiger partial charge in [0.05, 0.1) is 12.1 Å². The van der Waals surface area contributed by atoms with Gasteiger partial charge in [0.1, 0.15) is 11.7 Å². The smallest absolute Gasteiger partial charge is 0.146 e. The fourth-order valence-corrected chi connectivity index (χ4v) is 3.70. The molecule has 0 saturated carbocycles. The number of likely N-dealkylation sites (N-methyl/N-ethyl adjacent to an activating group) is 2. The SMILES string of the molecule is CCC/C=C\C(C)=C(\Cl)CN=C(NN)c1cc(-c2ccc(CN(CC)CCN(C)C)cc2)cnc1N. The summed E-state index contributed by atoms with van der Waals surface area (Å²) in [7, 11) is 4.21. The molecule has 8 heteroatoms. The summed E-state index contributed by atoms with van der Waals surface area (Å²) in [6, 6.07) is 10.5. The number of allylic oxidation sites excluding steroid dienone is 3. The first kappa shape index (κ1) is 29.5. The minimum atomic E-state index is 0.295. The number of halogens is 1. The number of pyridine rings is 1. The van der Waals surface area contributed by atoms with Gasteiger partial charge in [0.25, 0.3) is 0 Å². The van der Waals surface area contributed by atoms with Gasteiger partial charge in [-0.2, -0.15) is 0 Å². The zero-order valence-electron chi connectivity index (χ0n) is 22.4. The highest BCUT2D eigenvalue weighted by molar-refractivity contribution is 6.30. The summed E-state index contributed by atoms with van der Waals surface area (Å²) < 4.78 is 0. The van der Waals surface area contributed by atoms with Crippen LogP contribution < -0.4 is 17.0 Å². The molecule has 196 valence electrons. The molecule has 0 aliphatic carbocycles. The Balaban J connectivity index is 2.20. The van der Waals surface area contributed by atoms with Crippen molar-refractivity contribution in [1.29, 1.82) is 0 Å². The lowest BCUT2D eigenvalue weighted by Crippen LogP contribution is -2.32. The van der Waals surface area contributed by atoms with Crippen molar-refractivity contribution >= 4 is 23.3 Å². The van der Waals surface area contributed by atoms with Gasteiger partial charge in [-0.3, -0.25) is 9.89 Å². The van der Waals surface area contributed by atoms with E-state index in [4.69, 9.17) is 23.2 Å². The molecule has 5 N–H and O–H groups in total. The average molecular weight is 512 g/mol. The van der Waals surface area contributed by atoms with Crippen LogP contribution >= 0.6 is 11.6 Å². The Morgan fingerprint density at radius 3 is 2.47 bits per heavy atom. The van der Waals surface area contributed by atoms with Crippen LogP contribution in [-0.4, -0.2) is 60.9 Å². The van der Waals surface area contributed by atoms with Crippen molar-refractivity contribution in [3.63, 3.8) is 0 Å². The van der Waals surface area contributed by atoms with Crippen LogP contribution in [0.15, 0.2) is 64.3 Å². The molecule has 1 aromatic carbocycles. The number of hydrogen-bond donors (Lipinski definition) is 3. The molecule has 0 radical (unpaired) electrons. The van der Waals surface area contributed by atoms with Crippen LogP contribution in [0.2, 0.25) is 0 Å². The number of hydrazine groups is 1. The molecule has 0 spiro atoms. The molecule has 7 nitrogen and oxygen atoms in total. The van der Waals surface area contributed by atoms with Crippen molar-refractivity contribution in [3.05, 3.63) is 70.4 Å². The van der Waals surface area contributed by atoms with E-state index in [1.807, 2.05) is 19.1 Å². The van der Waals surface area contributed by atoms with E-state index in [1.54, 1.807) is 6.20 Å². The van der Waals surface area contributed by atoms with Crippen LogP contribution in [0.3, 0.4) is 0 Å². The molecule has 2 rings (SSSR count). The fraction of sp³-hybridized carbons (Fsp3) is 0.429. The highest BCUT2D eigenvalue weighted by Gasteiger charge is 2.11. The number of nitrogens with two attached hydrogens (primary N) is 2. The van der Waals surface area contributed by atoms with Gasteiger partial charge in [-0.05, 0) is 56.8 Å². The Morgan fingerprint density at radius 2 is 1.86 bits per heavy atom. The quantitative estimate of drug-likeness (QED) is 0.118. The van der Waals surface area contributed by atoms with E-state index in [9.17, 15) is 0 Å². The number of hydrogen-bond acceptors (Lipinski definition) is 6. The van der Waals surface area contributed by atoms with E-state index in [1.165, 1.54) is 5.56 Å². The topological polar surface area (TPSA) is 95.8 Å². The maximum atomic E-state index is 6.46. The number of unbranched alkanes of at least 4 members (excludes halogenated alkanes) is 1. The van der Waals surface area contributed by atoms with E-state index < -0.39 is 0 Å². The lowest BCUT2D eigenvalue weighted by Gasteiger charge is -2.22. The van der Waals surface area contributed by atoms with E-state index in [2.05, 4.69) is 83.5 Å². The first-order valence-corrected chi connectivity index (χ1v) is 12.9. The Kier molecular flexibility index (Phi) is 12.6. The summed E-state index contributed by atoms with van der Waals surface area (Å²) >= 11 is 6.46. The number of rotatable bonds is 13. The number of aliphatic imine (C=N–C) groups is 1. The molecule has 0 fully saturated rings. The molecule has 0 bridgehead atoms. The normalized spacial score (nSPS) is 13.1. The Bertz CT molecular complexity index is 1040. The van der Waals surface area contributed by atoms with Gasteiger partial charge in [-0.15, -0.1) is 0 Å². The van der Waals surface area contributed by atoms with Crippen molar-refractivity contribution < 1.29 is 0 Å². The summed E-state index contributed by atoms with van der Waals surface area (Å²) in [6.45, 7) is 10.6. The average Bonchev–Trinajstić information content (AvgIpc) is 2.88. The molecule has 0 unspecified atom stereocenters. The Hall–Kier alpha value is -2.71. The van der Waals surface area contributed by atoms with Crippen molar-refractivity contribution in [2.45, 2.75) is 40.2 Å². The summed E-state index contributed by atoms with van der Waals surface area (Å²) in [5.74, 6) is 6.60. The number of nitrogens with one attached hydrogen (secondary N) is 1. The van der Waals surface area contributed by atoms with Gasteiger partial charge in [0.2, 0.25) is 0 Å². The second-order valence-corrected chi connectivity index (χ2v) is 9.57. The summed E-state index contributed by atoms with van der Waals surface area (Å²) in [5.41, 5.74) is 13.7. The lowest BCUT2D eigenvalue weighted by molar-refractivity contribution is 0.244. The molecule has 2 aromatic rings. The monoisotopic (exact) mass is 511 g/mol. The third kappa shape index (κ3) is 9.39. The molecule has 0 aliphatic heterocycles. The van der Waals surface area contributed by atoms with Crippen LogP contribution in [0.4, 0.5) is 5.82 Å². The second-order valence-electron chi connectivity index (χ2n) is 9.11. The molecule has 0 atom stereocenters. The highest BCUT2D eigenvalue weighted by Crippen LogP contribution is 2.23. The third-order valence-electron chi connectivity index (χ3n) is 5.94. The predicted molar refractivity (Wildman–Crippen MR) is 155 cm³/mol. The zero-order valence-corrected chi connectivity index (χ0v) is 23.1. The van der Waals surface area contributed by atoms with E-state index in [-0.39, 0.29) is 0 Å². The predicted octanol–water partition coefficient (Wildman–Crippen LogP) is 4.79. The van der Waals surface area contributed by atoms with Gasteiger partial charge in [-0.1, -0.05) is 68.3 Å². The number of benzene rings is 1. The third-order valence-corrected chi connectivity index (χ3v) is 6.36. The maximum absolute atomic E-state index is 6.46. The second kappa shape index (κ2) is 15.4. The number of amidine groups is 1. The molecule has 36 heavy (non-hydrogen) atoms. The molecular formula is C28H42ClN7. The largest absolute Gasteiger partial charge is 0.383 e. The molecule has 1 heterocycles. The minimum Gasteiger partial charge on any atom is -0.383 e. The van der Waals surface area contributed by atoms with E-state index >= 15 is 0 Å². The van der Waals surface area contributed by atoms with Crippen LogP contribution in [0.25, 0.3) is 11.1 Å². The molecule has 1 aromatic heterocycles. The number of nitrogen functional groups attached to an aromatic ring is 1. The highest BCUT2D eigenvalue weighted by atomic mass is 35.5. The van der Waals surface area contributed by atoms with Crippen molar-refractivity contribution in [3.8, 4) is 11.1 Å². The van der Waals surface area contributed by atoms with Crippen molar-refractivity contribution in [1.82, 2.24) is 20.2 Å². The standard InChI is InChI=1S/C28H42ClN7/c1-6-8-9-10-21(3)26(29)19-33-28(34-31)25-17-24(18-32-27(25)30)23-13-11-22(12-14-23)20-36(7-2)16-15-35(4)5/h9-14,17-18H,6-8,15-16,19-20,31H2,1-5H3,(H2,30,32)(H,33,34)/b10-9-,26-21+. The molecule has 0 saturated heterocycles. The summed E-state index contributed by atoms with van der Waals surface area (Å²) in [4.78, 5) is 13.6. The maximum Gasteiger partial charge on any atom is 0.146 e.